The summed E-state index contributed by atoms with van der Waals surface area (Å²) in [6.45, 7) is 6.99. The topological polar surface area (TPSA) is 86.8 Å². The van der Waals surface area contributed by atoms with Gasteiger partial charge in [0.15, 0.2) is 0 Å². The zero-order valence-corrected chi connectivity index (χ0v) is 26.4. The summed E-state index contributed by atoms with van der Waals surface area (Å²) < 4.78 is 27.1. The highest BCUT2D eigenvalue weighted by molar-refractivity contribution is 7.92. The number of benzene rings is 3. The molecule has 0 aliphatic heterocycles. The molecular weight excluding hydrogens is 581 g/mol. The van der Waals surface area contributed by atoms with Crippen molar-refractivity contribution in [3.05, 3.63) is 99.0 Å². The number of nitrogens with one attached hydrogen (secondary N) is 1. The molecule has 0 saturated carbocycles. The summed E-state index contributed by atoms with van der Waals surface area (Å²) in [5, 5.41) is 3.78. The molecule has 0 aliphatic carbocycles. The van der Waals surface area contributed by atoms with Gasteiger partial charge in [0.05, 0.1) is 11.9 Å². The molecule has 220 valence electrons. The van der Waals surface area contributed by atoms with Crippen molar-refractivity contribution < 1.29 is 18.0 Å². The van der Waals surface area contributed by atoms with Crippen molar-refractivity contribution in [3.8, 4) is 0 Å². The molecule has 0 fully saturated rings. The monoisotopic (exact) mass is 617 g/mol. The van der Waals surface area contributed by atoms with Gasteiger partial charge in [0.1, 0.15) is 12.6 Å². The molecule has 41 heavy (non-hydrogen) atoms. The number of aryl methyl sites for hydroxylation is 2. The highest BCUT2D eigenvalue weighted by atomic mass is 35.5. The van der Waals surface area contributed by atoms with E-state index in [1.165, 1.54) is 4.90 Å². The second-order valence-electron chi connectivity index (χ2n) is 10.3. The van der Waals surface area contributed by atoms with Crippen LogP contribution in [-0.2, 0) is 32.6 Å². The smallest absolute Gasteiger partial charge is 0.244 e. The molecule has 0 aromatic heterocycles. The minimum absolute atomic E-state index is 0.0232. The summed E-state index contributed by atoms with van der Waals surface area (Å²) in [7, 11) is -3.86. The molecule has 0 spiro atoms. The van der Waals surface area contributed by atoms with Crippen LogP contribution in [0, 0.1) is 13.8 Å². The third-order valence-corrected chi connectivity index (χ3v) is 8.65. The van der Waals surface area contributed by atoms with Gasteiger partial charge in [-0.3, -0.25) is 13.9 Å². The van der Waals surface area contributed by atoms with Crippen LogP contribution in [0.3, 0.4) is 0 Å². The van der Waals surface area contributed by atoms with Gasteiger partial charge in [0.25, 0.3) is 0 Å². The molecule has 0 aliphatic rings. The number of carbonyl (C=O) groups is 2. The van der Waals surface area contributed by atoms with E-state index in [0.29, 0.717) is 33.3 Å². The molecule has 3 aromatic rings. The first-order valence-electron chi connectivity index (χ1n) is 13.4. The highest BCUT2D eigenvalue weighted by Gasteiger charge is 2.34. The van der Waals surface area contributed by atoms with Gasteiger partial charge < -0.3 is 10.2 Å². The van der Waals surface area contributed by atoms with Crippen LogP contribution in [0.1, 0.15) is 42.5 Å². The number of halogens is 2. The molecule has 3 rings (SSSR count). The Bertz CT molecular complexity index is 1480. The fraction of sp³-hybridized carbons (Fsp3) is 0.355. The van der Waals surface area contributed by atoms with Gasteiger partial charge in [-0.25, -0.2) is 8.42 Å². The lowest BCUT2D eigenvalue weighted by atomic mass is 10.0. The molecule has 0 bridgehead atoms. The first kappa shape index (κ1) is 32.4. The van der Waals surface area contributed by atoms with Crippen LogP contribution in [0.4, 0.5) is 5.69 Å². The van der Waals surface area contributed by atoms with E-state index in [1.807, 2.05) is 63.2 Å². The Morgan fingerprint density at radius 2 is 1.66 bits per heavy atom. The average Bonchev–Trinajstić information content (AvgIpc) is 2.91. The number of anilines is 1. The lowest BCUT2D eigenvalue weighted by Gasteiger charge is -2.34. The van der Waals surface area contributed by atoms with Gasteiger partial charge in [0, 0.05) is 29.1 Å². The number of hydrogen-bond donors (Lipinski definition) is 1. The molecule has 10 heteroatoms. The Morgan fingerprint density at radius 3 is 2.27 bits per heavy atom. The molecule has 7 nitrogen and oxygen atoms in total. The van der Waals surface area contributed by atoms with Crippen LogP contribution in [0.15, 0.2) is 66.7 Å². The number of nitrogens with zero attached hydrogens (tertiary/aromatic N) is 2. The minimum Gasteiger partial charge on any atom is -0.352 e. The largest absolute Gasteiger partial charge is 0.352 e. The quantitative estimate of drug-likeness (QED) is 0.273. The minimum atomic E-state index is -3.86. The van der Waals surface area contributed by atoms with Gasteiger partial charge in [-0.15, -0.1) is 0 Å². The fourth-order valence-corrected chi connectivity index (χ4v) is 5.78. The fourth-order valence-electron chi connectivity index (χ4n) is 4.41. The predicted molar refractivity (Wildman–Crippen MR) is 167 cm³/mol. The van der Waals surface area contributed by atoms with Crippen LogP contribution in [-0.4, -0.2) is 50.0 Å². The molecular formula is C31H37Cl2N3O4S. The molecule has 2 atom stereocenters. The first-order chi connectivity index (χ1) is 19.3. The summed E-state index contributed by atoms with van der Waals surface area (Å²) in [5.74, 6) is -0.873. The lowest BCUT2D eigenvalue weighted by Crippen LogP contribution is -2.54. The summed E-state index contributed by atoms with van der Waals surface area (Å²) in [6.07, 6.45) is 2.00. The van der Waals surface area contributed by atoms with Crippen molar-refractivity contribution in [1.29, 1.82) is 0 Å². The third-order valence-electron chi connectivity index (χ3n) is 6.94. The van der Waals surface area contributed by atoms with E-state index < -0.39 is 28.5 Å². The van der Waals surface area contributed by atoms with E-state index in [1.54, 1.807) is 31.2 Å². The van der Waals surface area contributed by atoms with Gasteiger partial charge in [-0.2, -0.15) is 0 Å². The Labute approximate surface area is 253 Å². The number of sulfonamides is 1. The SMILES string of the molecule is CC[C@@H](C)NC(=O)[C@H](Cc1ccccc1)N(Cc1ccc(Cl)cc1Cl)C(=O)CN(c1cc(C)ccc1C)S(C)(=O)=O. The Balaban J connectivity index is 2.12. The zero-order valence-electron chi connectivity index (χ0n) is 24.0. The maximum absolute atomic E-state index is 14.2. The number of rotatable bonds is 12. The van der Waals surface area contributed by atoms with Crippen LogP contribution >= 0.6 is 23.2 Å². The third kappa shape index (κ3) is 8.96. The predicted octanol–water partition coefficient (Wildman–Crippen LogP) is 5.93. The van der Waals surface area contributed by atoms with Gasteiger partial charge in [-0.1, -0.05) is 78.7 Å². The van der Waals surface area contributed by atoms with E-state index in [0.717, 1.165) is 21.7 Å². The maximum atomic E-state index is 14.2. The maximum Gasteiger partial charge on any atom is 0.244 e. The molecule has 0 radical (unpaired) electrons. The van der Waals surface area contributed by atoms with Crippen LogP contribution in [0.2, 0.25) is 10.0 Å². The highest BCUT2D eigenvalue weighted by Crippen LogP contribution is 2.27. The molecule has 0 heterocycles. The second kappa shape index (κ2) is 14.2. The van der Waals surface area contributed by atoms with Gasteiger partial charge in [-0.05, 0) is 67.6 Å². The van der Waals surface area contributed by atoms with Crippen molar-refractivity contribution in [2.45, 2.75) is 59.2 Å². The number of amides is 2. The normalized spacial score (nSPS) is 12.9. The van der Waals surface area contributed by atoms with Crippen LogP contribution < -0.4 is 9.62 Å². The van der Waals surface area contributed by atoms with E-state index in [4.69, 9.17) is 23.2 Å². The lowest BCUT2D eigenvalue weighted by molar-refractivity contribution is -0.140. The van der Waals surface area contributed by atoms with E-state index in [2.05, 4.69) is 5.32 Å². The number of hydrogen-bond acceptors (Lipinski definition) is 4. The Kier molecular flexibility index (Phi) is 11.2. The Hall–Kier alpha value is -3.07. The summed E-state index contributed by atoms with van der Waals surface area (Å²) >= 11 is 12.6. The van der Waals surface area contributed by atoms with E-state index in [-0.39, 0.29) is 24.9 Å². The average molecular weight is 619 g/mol. The van der Waals surface area contributed by atoms with E-state index >= 15 is 0 Å². The zero-order chi connectivity index (χ0) is 30.3. The number of carbonyl (C=O) groups excluding carboxylic acids is 2. The van der Waals surface area contributed by atoms with Crippen molar-refractivity contribution >= 4 is 50.7 Å². The molecule has 3 aromatic carbocycles. The molecule has 1 N–H and O–H groups in total. The first-order valence-corrected chi connectivity index (χ1v) is 16.0. The second-order valence-corrected chi connectivity index (χ2v) is 13.1. The van der Waals surface area contributed by atoms with Gasteiger partial charge in [0.2, 0.25) is 21.8 Å². The molecule has 2 amide bonds. The van der Waals surface area contributed by atoms with Crippen LogP contribution in [0.5, 0.6) is 0 Å². The van der Waals surface area contributed by atoms with Crippen LogP contribution in [0.25, 0.3) is 0 Å². The van der Waals surface area contributed by atoms with Crippen molar-refractivity contribution in [1.82, 2.24) is 10.2 Å². The molecule has 0 saturated heterocycles. The summed E-state index contributed by atoms with van der Waals surface area (Å²) in [4.78, 5) is 29.4. The summed E-state index contributed by atoms with van der Waals surface area (Å²) in [5.41, 5.74) is 3.40. The Morgan fingerprint density at radius 1 is 0.976 bits per heavy atom. The van der Waals surface area contributed by atoms with Crippen molar-refractivity contribution in [2.75, 3.05) is 17.1 Å². The van der Waals surface area contributed by atoms with Crippen molar-refractivity contribution in [2.24, 2.45) is 0 Å². The molecule has 0 unspecified atom stereocenters. The summed E-state index contributed by atoms with van der Waals surface area (Å²) in [6, 6.07) is 18.7. The van der Waals surface area contributed by atoms with E-state index in [9.17, 15) is 18.0 Å². The van der Waals surface area contributed by atoms with Crippen molar-refractivity contribution in [3.63, 3.8) is 0 Å². The standard InChI is InChI=1S/C31H37Cl2N3O4S/c1-6-23(4)34-31(38)29(17-24-10-8-7-9-11-24)35(19-25-14-15-26(32)18-27(25)33)30(37)20-36(41(5,39)40)28-16-21(2)12-13-22(28)3/h7-16,18,23,29H,6,17,19-20H2,1-5H3,(H,34,38)/t23-,29+/m1/s1. The van der Waals surface area contributed by atoms with Gasteiger partial charge >= 0.3 is 0 Å².